The summed E-state index contributed by atoms with van der Waals surface area (Å²) in [4.78, 5) is 15.1. The summed E-state index contributed by atoms with van der Waals surface area (Å²) in [5.74, 6) is 2.31. The van der Waals surface area contributed by atoms with Gasteiger partial charge in [0.05, 0.1) is 0 Å². The molecule has 0 aliphatic carbocycles. The monoisotopic (exact) mass is 215 g/mol. The number of unbranched alkanes of at least 4 members (excludes halogenated alkanes) is 1. The molecule has 16 heavy (non-hydrogen) atoms. The predicted molar refractivity (Wildman–Crippen MR) is 67.1 cm³/mol. The molecule has 0 N–H and O–H groups in total. The van der Waals surface area contributed by atoms with E-state index in [2.05, 4.69) is 17.8 Å². The molecule has 0 spiro atoms. The zero-order valence-electron chi connectivity index (χ0n) is 9.86. The SMILES string of the molecule is CC=C=NC(=O)c1ccc(CCCC)cc1. The number of hydrogen-bond donors (Lipinski definition) is 0. The van der Waals surface area contributed by atoms with E-state index >= 15 is 0 Å². The van der Waals surface area contributed by atoms with Crippen molar-refractivity contribution < 1.29 is 4.79 Å². The van der Waals surface area contributed by atoms with E-state index < -0.39 is 0 Å². The van der Waals surface area contributed by atoms with Gasteiger partial charge in [-0.3, -0.25) is 4.79 Å². The van der Waals surface area contributed by atoms with E-state index in [4.69, 9.17) is 0 Å². The van der Waals surface area contributed by atoms with Gasteiger partial charge in [0.15, 0.2) is 0 Å². The molecule has 0 heterocycles. The number of benzene rings is 1. The van der Waals surface area contributed by atoms with Crippen LogP contribution in [0.15, 0.2) is 35.3 Å². The first-order valence-electron chi connectivity index (χ1n) is 5.65. The van der Waals surface area contributed by atoms with E-state index in [0.717, 1.165) is 6.42 Å². The zero-order valence-corrected chi connectivity index (χ0v) is 9.86. The highest BCUT2D eigenvalue weighted by atomic mass is 16.1. The van der Waals surface area contributed by atoms with Crippen LogP contribution >= 0.6 is 0 Å². The molecular formula is C14H17NO. The number of aliphatic imine (C=N–C) groups is 1. The maximum atomic E-state index is 11.5. The summed E-state index contributed by atoms with van der Waals surface area (Å²) >= 11 is 0. The molecule has 0 unspecified atom stereocenters. The highest BCUT2D eigenvalue weighted by molar-refractivity contribution is 5.98. The van der Waals surface area contributed by atoms with Gasteiger partial charge in [-0.2, -0.15) is 4.99 Å². The topological polar surface area (TPSA) is 29.4 Å². The lowest BCUT2D eigenvalue weighted by atomic mass is 10.1. The predicted octanol–water partition coefficient (Wildman–Crippen LogP) is 3.42. The minimum Gasteiger partial charge on any atom is -0.266 e. The number of nitrogens with zero attached hydrogens (tertiary/aromatic N) is 1. The van der Waals surface area contributed by atoms with Gasteiger partial charge >= 0.3 is 0 Å². The van der Waals surface area contributed by atoms with Gasteiger partial charge in [0.25, 0.3) is 5.91 Å². The highest BCUT2D eigenvalue weighted by Gasteiger charge is 2.02. The van der Waals surface area contributed by atoms with E-state index in [9.17, 15) is 4.79 Å². The molecule has 0 aliphatic heterocycles. The van der Waals surface area contributed by atoms with Crippen molar-refractivity contribution >= 4 is 11.8 Å². The van der Waals surface area contributed by atoms with Crippen LogP contribution < -0.4 is 0 Å². The van der Waals surface area contributed by atoms with Gasteiger partial charge in [0, 0.05) is 5.56 Å². The first kappa shape index (κ1) is 12.4. The molecule has 84 valence electrons. The lowest BCUT2D eigenvalue weighted by molar-refractivity contribution is 0.100. The molecule has 1 amide bonds. The molecule has 1 aromatic rings. The Kier molecular flexibility index (Phi) is 5.24. The van der Waals surface area contributed by atoms with Crippen molar-refractivity contribution in [3.8, 4) is 0 Å². The first-order chi connectivity index (χ1) is 7.77. The Balaban J connectivity index is 2.71. The fourth-order valence-electron chi connectivity index (χ4n) is 1.38. The maximum absolute atomic E-state index is 11.5. The van der Waals surface area contributed by atoms with E-state index in [1.165, 1.54) is 18.4 Å². The molecule has 0 saturated carbocycles. The van der Waals surface area contributed by atoms with E-state index in [-0.39, 0.29) is 5.91 Å². The molecule has 0 bridgehead atoms. The van der Waals surface area contributed by atoms with Crippen molar-refractivity contribution in [1.29, 1.82) is 0 Å². The quantitative estimate of drug-likeness (QED) is 0.708. The van der Waals surface area contributed by atoms with Crippen LogP contribution in [-0.4, -0.2) is 11.8 Å². The van der Waals surface area contributed by atoms with Gasteiger partial charge in [0.2, 0.25) is 0 Å². The Bertz CT molecular complexity index is 397. The summed E-state index contributed by atoms with van der Waals surface area (Å²) in [5.41, 5.74) is 1.89. The molecule has 1 rings (SSSR count). The molecule has 0 saturated heterocycles. The van der Waals surface area contributed by atoms with Gasteiger partial charge in [-0.25, -0.2) is 0 Å². The second kappa shape index (κ2) is 6.76. The summed E-state index contributed by atoms with van der Waals surface area (Å²) < 4.78 is 0. The van der Waals surface area contributed by atoms with Gasteiger partial charge in [0.1, 0.15) is 0 Å². The Morgan fingerprint density at radius 1 is 1.38 bits per heavy atom. The number of hydrogen-bond acceptors (Lipinski definition) is 1. The van der Waals surface area contributed by atoms with Crippen LogP contribution in [0.1, 0.15) is 42.6 Å². The van der Waals surface area contributed by atoms with Gasteiger partial charge in [-0.15, -0.1) is 0 Å². The van der Waals surface area contributed by atoms with Crippen LogP contribution in [0.4, 0.5) is 0 Å². The maximum Gasteiger partial charge on any atom is 0.285 e. The van der Waals surface area contributed by atoms with Crippen molar-refractivity contribution in [1.82, 2.24) is 0 Å². The second-order valence-corrected chi connectivity index (χ2v) is 3.64. The van der Waals surface area contributed by atoms with Crippen LogP contribution in [0.5, 0.6) is 0 Å². The van der Waals surface area contributed by atoms with Crippen molar-refractivity contribution in [3.05, 3.63) is 41.5 Å². The average Bonchev–Trinajstić information content (AvgIpc) is 2.34. The Morgan fingerprint density at radius 3 is 2.62 bits per heavy atom. The number of rotatable bonds is 4. The van der Waals surface area contributed by atoms with Crippen LogP contribution in [0, 0.1) is 0 Å². The minimum absolute atomic E-state index is 0.236. The minimum atomic E-state index is -0.236. The molecule has 0 aliphatic rings. The normalized spacial score (nSPS) is 9.38. The third kappa shape index (κ3) is 3.84. The third-order valence-corrected chi connectivity index (χ3v) is 2.32. The largest absolute Gasteiger partial charge is 0.285 e. The standard InChI is InChI=1S/C14H17NO/c1-3-5-6-12-7-9-13(10-8-12)14(16)15-11-4-2/h4,7-10H,3,5-6H2,1-2H3. The lowest BCUT2D eigenvalue weighted by Crippen LogP contribution is -1.94. The Hall–Kier alpha value is -1.66. The zero-order chi connectivity index (χ0) is 11.8. The van der Waals surface area contributed by atoms with Gasteiger partial charge < -0.3 is 0 Å². The number of carbonyl (C=O) groups is 1. The number of aryl methyl sites for hydroxylation is 1. The van der Waals surface area contributed by atoms with Gasteiger partial charge in [-0.05, 0) is 49.4 Å². The third-order valence-electron chi connectivity index (χ3n) is 2.32. The number of amides is 1. The van der Waals surface area contributed by atoms with E-state index in [0.29, 0.717) is 5.56 Å². The molecule has 1 aromatic carbocycles. The van der Waals surface area contributed by atoms with Gasteiger partial charge in [-0.1, -0.05) is 25.5 Å². The van der Waals surface area contributed by atoms with E-state index in [1.807, 2.05) is 24.3 Å². The van der Waals surface area contributed by atoms with Crippen LogP contribution in [0.2, 0.25) is 0 Å². The lowest BCUT2D eigenvalue weighted by Gasteiger charge is -2.00. The van der Waals surface area contributed by atoms with Crippen molar-refractivity contribution in [2.45, 2.75) is 33.1 Å². The van der Waals surface area contributed by atoms with E-state index in [1.54, 1.807) is 13.0 Å². The summed E-state index contributed by atoms with van der Waals surface area (Å²) in [6, 6.07) is 7.64. The Labute approximate surface area is 96.7 Å². The fourth-order valence-corrected chi connectivity index (χ4v) is 1.38. The average molecular weight is 215 g/mol. The first-order valence-corrected chi connectivity index (χ1v) is 5.65. The Morgan fingerprint density at radius 2 is 2.06 bits per heavy atom. The van der Waals surface area contributed by atoms with Crippen LogP contribution in [0.3, 0.4) is 0 Å². The van der Waals surface area contributed by atoms with Crippen molar-refractivity contribution in [3.63, 3.8) is 0 Å². The summed E-state index contributed by atoms with van der Waals surface area (Å²) in [5, 5.41) is 0. The number of carbonyl (C=O) groups excluding carboxylic acids is 1. The second-order valence-electron chi connectivity index (χ2n) is 3.64. The smallest absolute Gasteiger partial charge is 0.266 e. The molecular weight excluding hydrogens is 198 g/mol. The molecule has 0 atom stereocenters. The molecule has 0 radical (unpaired) electrons. The molecule has 2 heteroatoms. The van der Waals surface area contributed by atoms with Crippen LogP contribution in [0.25, 0.3) is 0 Å². The summed E-state index contributed by atoms with van der Waals surface area (Å²) in [6.07, 6.45) is 5.06. The fraction of sp³-hybridized carbons (Fsp3) is 0.357. The highest BCUT2D eigenvalue weighted by Crippen LogP contribution is 2.08. The number of allylic oxidation sites excluding steroid dienone is 1. The van der Waals surface area contributed by atoms with Crippen molar-refractivity contribution in [2.24, 2.45) is 4.99 Å². The molecule has 2 nitrogen and oxygen atoms in total. The van der Waals surface area contributed by atoms with Crippen molar-refractivity contribution in [2.75, 3.05) is 0 Å². The summed E-state index contributed by atoms with van der Waals surface area (Å²) in [6.45, 7) is 3.95. The van der Waals surface area contributed by atoms with Crippen LogP contribution in [-0.2, 0) is 6.42 Å². The molecule has 0 fully saturated rings. The molecule has 0 aromatic heterocycles. The summed E-state index contributed by atoms with van der Waals surface area (Å²) in [7, 11) is 0.